The van der Waals surface area contributed by atoms with E-state index in [4.69, 9.17) is 10.5 Å². The second-order valence-electron chi connectivity index (χ2n) is 4.01. The summed E-state index contributed by atoms with van der Waals surface area (Å²) in [6.07, 6.45) is 2.67. The molecule has 0 fully saturated rings. The van der Waals surface area contributed by atoms with Crippen LogP contribution in [-0.2, 0) is 21.5 Å². The van der Waals surface area contributed by atoms with E-state index in [1.165, 1.54) is 16.9 Å². The Balaban J connectivity index is 2.48. The third-order valence-corrected chi connectivity index (χ3v) is 4.05. The van der Waals surface area contributed by atoms with Crippen molar-refractivity contribution < 1.29 is 9.53 Å². The fourth-order valence-corrected chi connectivity index (χ4v) is 3.35. The highest BCUT2D eigenvalue weighted by Gasteiger charge is 2.41. The van der Waals surface area contributed by atoms with Crippen molar-refractivity contribution in [1.29, 1.82) is 0 Å². The molecule has 0 bridgehead atoms. The van der Waals surface area contributed by atoms with Crippen molar-refractivity contribution in [2.45, 2.75) is 31.7 Å². The monoisotopic (exact) mass is 225 g/mol. The maximum absolute atomic E-state index is 11.7. The first kappa shape index (κ1) is 10.6. The lowest BCUT2D eigenvalue weighted by Gasteiger charge is -2.30. The van der Waals surface area contributed by atoms with E-state index in [2.05, 4.69) is 0 Å². The van der Waals surface area contributed by atoms with E-state index in [1.54, 1.807) is 11.3 Å². The quantitative estimate of drug-likeness (QED) is 0.740. The Bertz CT molecular complexity index is 399. The third kappa shape index (κ3) is 1.58. The van der Waals surface area contributed by atoms with Gasteiger partial charge < -0.3 is 10.5 Å². The topological polar surface area (TPSA) is 52.3 Å². The van der Waals surface area contributed by atoms with E-state index in [1.807, 2.05) is 13.0 Å². The highest BCUT2D eigenvalue weighted by molar-refractivity contribution is 7.12. The van der Waals surface area contributed by atoms with Crippen LogP contribution in [0.5, 0.6) is 0 Å². The summed E-state index contributed by atoms with van der Waals surface area (Å²) < 4.78 is 4.80. The van der Waals surface area contributed by atoms with Crippen molar-refractivity contribution in [3.8, 4) is 0 Å². The maximum atomic E-state index is 11.7. The van der Waals surface area contributed by atoms with Gasteiger partial charge >= 0.3 is 5.97 Å². The maximum Gasteiger partial charge on any atom is 0.330 e. The van der Waals surface area contributed by atoms with Crippen LogP contribution in [0.2, 0.25) is 0 Å². The molecule has 82 valence electrons. The lowest BCUT2D eigenvalue weighted by Crippen LogP contribution is -2.47. The summed E-state index contributed by atoms with van der Waals surface area (Å²) in [4.78, 5) is 14.2. The summed E-state index contributed by atoms with van der Waals surface area (Å²) in [6, 6.07) is 2.02. The molecule has 1 unspecified atom stereocenters. The molecule has 0 spiro atoms. The number of methoxy groups -OCH3 is 1. The van der Waals surface area contributed by atoms with Crippen molar-refractivity contribution in [2.75, 3.05) is 7.11 Å². The van der Waals surface area contributed by atoms with Gasteiger partial charge in [-0.2, -0.15) is 0 Å². The van der Waals surface area contributed by atoms with Crippen LogP contribution in [0.1, 0.15) is 28.2 Å². The number of rotatable bonds is 1. The normalized spacial score (nSPS) is 24.7. The summed E-state index contributed by atoms with van der Waals surface area (Å²) in [5.74, 6) is -0.318. The average Bonchev–Trinajstić information content (AvgIpc) is 2.59. The fraction of sp³-hybridized carbons (Fsp3) is 0.545. The molecular weight excluding hydrogens is 210 g/mol. The van der Waals surface area contributed by atoms with Gasteiger partial charge in [0.05, 0.1) is 7.11 Å². The standard InChI is InChI=1S/C11H15NO2S/c1-7-6-8-9(15-7)4-3-5-11(8,12)10(13)14-2/h6H,3-5,12H2,1-2H3. The molecule has 1 aliphatic rings. The number of esters is 1. The summed E-state index contributed by atoms with van der Waals surface area (Å²) in [5, 5.41) is 0. The molecule has 1 heterocycles. The van der Waals surface area contributed by atoms with Crippen molar-refractivity contribution >= 4 is 17.3 Å². The Kier molecular flexibility index (Phi) is 2.56. The largest absolute Gasteiger partial charge is 0.467 e. The average molecular weight is 225 g/mol. The van der Waals surface area contributed by atoms with Gasteiger partial charge in [0.15, 0.2) is 0 Å². The van der Waals surface area contributed by atoms with E-state index in [0.717, 1.165) is 18.4 Å². The molecule has 0 aliphatic heterocycles. The second kappa shape index (κ2) is 3.61. The van der Waals surface area contributed by atoms with E-state index in [9.17, 15) is 4.79 Å². The van der Waals surface area contributed by atoms with Gasteiger partial charge in [0.2, 0.25) is 0 Å². The number of hydrogen-bond acceptors (Lipinski definition) is 4. The second-order valence-corrected chi connectivity index (χ2v) is 5.35. The van der Waals surface area contributed by atoms with Crippen molar-refractivity contribution in [3.63, 3.8) is 0 Å². The Labute approximate surface area is 93.2 Å². The van der Waals surface area contributed by atoms with Crippen LogP contribution in [0, 0.1) is 6.92 Å². The van der Waals surface area contributed by atoms with E-state index in [-0.39, 0.29) is 5.97 Å². The minimum atomic E-state index is -0.910. The Morgan fingerprint density at radius 3 is 3.07 bits per heavy atom. The molecule has 0 saturated heterocycles. The first-order chi connectivity index (χ1) is 7.08. The van der Waals surface area contributed by atoms with Crippen LogP contribution < -0.4 is 5.73 Å². The van der Waals surface area contributed by atoms with Crippen LogP contribution in [0.4, 0.5) is 0 Å². The molecule has 0 saturated carbocycles. The molecular formula is C11H15NO2S. The summed E-state index contributed by atoms with van der Waals surface area (Å²) in [6.45, 7) is 2.04. The van der Waals surface area contributed by atoms with Gasteiger partial charge in [-0.05, 0) is 37.8 Å². The zero-order valence-electron chi connectivity index (χ0n) is 9.00. The van der Waals surface area contributed by atoms with Crippen molar-refractivity contribution in [1.82, 2.24) is 0 Å². The van der Waals surface area contributed by atoms with E-state index >= 15 is 0 Å². The third-order valence-electron chi connectivity index (χ3n) is 2.94. The molecule has 15 heavy (non-hydrogen) atoms. The first-order valence-electron chi connectivity index (χ1n) is 5.05. The van der Waals surface area contributed by atoms with Gasteiger partial charge in [-0.3, -0.25) is 0 Å². The number of thiophene rings is 1. The van der Waals surface area contributed by atoms with Gasteiger partial charge in [0, 0.05) is 9.75 Å². The van der Waals surface area contributed by atoms with Crippen molar-refractivity contribution in [2.24, 2.45) is 5.73 Å². The van der Waals surface area contributed by atoms with Gasteiger partial charge in [-0.25, -0.2) is 4.79 Å². The highest BCUT2D eigenvalue weighted by atomic mass is 32.1. The van der Waals surface area contributed by atoms with Gasteiger partial charge in [-0.15, -0.1) is 11.3 Å². The molecule has 0 amide bonds. The molecule has 2 N–H and O–H groups in total. The minimum Gasteiger partial charge on any atom is -0.467 e. The SMILES string of the molecule is COC(=O)C1(N)CCCc2sc(C)cc21. The molecule has 0 radical (unpaired) electrons. The summed E-state index contributed by atoms with van der Waals surface area (Å²) in [5.41, 5.74) is 6.24. The number of ether oxygens (including phenoxy) is 1. The molecule has 1 aromatic rings. The van der Waals surface area contributed by atoms with Gasteiger partial charge in [0.1, 0.15) is 5.54 Å². The molecule has 2 rings (SSSR count). The first-order valence-corrected chi connectivity index (χ1v) is 5.86. The zero-order chi connectivity index (χ0) is 11.1. The Hall–Kier alpha value is -0.870. The Morgan fingerprint density at radius 1 is 1.67 bits per heavy atom. The van der Waals surface area contributed by atoms with Crippen LogP contribution in [0.25, 0.3) is 0 Å². The smallest absolute Gasteiger partial charge is 0.330 e. The molecule has 1 aromatic heterocycles. The lowest BCUT2D eigenvalue weighted by atomic mass is 9.81. The molecule has 0 aromatic carbocycles. The number of hydrogen-bond donors (Lipinski definition) is 1. The summed E-state index contributed by atoms with van der Waals surface area (Å²) in [7, 11) is 1.39. The van der Waals surface area contributed by atoms with Gasteiger partial charge in [-0.1, -0.05) is 0 Å². The lowest BCUT2D eigenvalue weighted by molar-refractivity contribution is -0.148. The predicted octanol–water partition coefficient (Wildman–Crippen LogP) is 1.72. The number of fused-ring (bicyclic) bond motifs is 1. The molecule has 4 heteroatoms. The molecule has 1 aliphatic carbocycles. The van der Waals surface area contributed by atoms with Crippen LogP contribution in [0.15, 0.2) is 6.07 Å². The van der Waals surface area contributed by atoms with Crippen LogP contribution >= 0.6 is 11.3 Å². The minimum absolute atomic E-state index is 0.318. The van der Waals surface area contributed by atoms with Crippen molar-refractivity contribution in [3.05, 3.63) is 21.4 Å². The number of aryl methyl sites for hydroxylation is 2. The Morgan fingerprint density at radius 2 is 2.40 bits per heavy atom. The predicted molar refractivity (Wildman–Crippen MR) is 59.9 cm³/mol. The van der Waals surface area contributed by atoms with Crippen LogP contribution in [0.3, 0.4) is 0 Å². The molecule has 1 atom stereocenters. The zero-order valence-corrected chi connectivity index (χ0v) is 9.82. The number of carbonyl (C=O) groups excluding carboxylic acids is 1. The van der Waals surface area contributed by atoms with Gasteiger partial charge in [0.25, 0.3) is 0 Å². The highest BCUT2D eigenvalue weighted by Crippen LogP contribution is 2.38. The fourth-order valence-electron chi connectivity index (χ4n) is 2.18. The van der Waals surface area contributed by atoms with Crippen LogP contribution in [-0.4, -0.2) is 13.1 Å². The van der Waals surface area contributed by atoms with E-state index < -0.39 is 5.54 Å². The molecule has 3 nitrogen and oxygen atoms in total. The summed E-state index contributed by atoms with van der Waals surface area (Å²) >= 11 is 1.73. The van der Waals surface area contributed by atoms with E-state index in [0.29, 0.717) is 6.42 Å². The number of carbonyl (C=O) groups is 1. The number of nitrogens with two attached hydrogens (primary N) is 1.